The van der Waals surface area contributed by atoms with Gasteiger partial charge in [0.2, 0.25) is 55.4 Å². The molecule has 6 aliphatic carbocycles. The zero-order chi connectivity index (χ0) is 78.0. The number of hydrogen-bond donors (Lipinski definition) is 4. The normalized spacial score (nSPS) is 31.9. The van der Waals surface area contributed by atoms with Crippen molar-refractivity contribution in [1.29, 1.82) is 0 Å². The summed E-state index contributed by atoms with van der Waals surface area (Å²) in [5.74, 6) is -5.09. The van der Waals surface area contributed by atoms with Crippen molar-refractivity contribution in [2.24, 2.45) is 35.5 Å². The van der Waals surface area contributed by atoms with Crippen LogP contribution in [0.4, 0.5) is 0 Å². The molecule has 7 heterocycles. The number of carbonyl (C=O) groups excluding carboxylic acids is 8. The van der Waals surface area contributed by atoms with Gasteiger partial charge >= 0.3 is 11.9 Å². The Hall–Kier alpha value is -8.14. The Morgan fingerprint density at radius 1 is 0.604 bits per heavy atom. The Morgan fingerprint density at radius 3 is 1.80 bits per heavy atom. The van der Waals surface area contributed by atoms with Crippen molar-refractivity contribution >= 4 is 89.5 Å². The molecule has 6 saturated carbocycles. The molecule has 15 rings (SSSR count). The van der Waals surface area contributed by atoms with Gasteiger partial charge in [0.15, 0.2) is 0 Å². The first-order valence-corrected chi connectivity index (χ1v) is 44.2. The lowest BCUT2D eigenvalue weighted by Crippen LogP contribution is -2.57. The van der Waals surface area contributed by atoms with Gasteiger partial charge in [0, 0.05) is 36.5 Å². The van der Waals surface area contributed by atoms with Gasteiger partial charge in [-0.2, -0.15) is 0 Å². The second kappa shape index (κ2) is 33.1. The number of ether oxygens (including phenoxy) is 4. The fraction of sp³-hybridized carbons (Fsp3) is 0.663. The van der Waals surface area contributed by atoms with Gasteiger partial charge in [0.25, 0.3) is 11.8 Å². The van der Waals surface area contributed by atoms with Crippen molar-refractivity contribution in [2.45, 2.75) is 297 Å². The molecule has 8 fully saturated rings. The van der Waals surface area contributed by atoms with Crippen LogP contribution in [0, 0.1) is 35.5 Å². The van der Waals surface area contributed by atoms with Gasteiger partial charge in [-0.15, -0.1) is 0 Å². The third-order valence-electron chi connectivity index (χ3n) is 25.5. The fourth-order valence-corrected chi connectivity index (χ4v) is 20.0. The number of rotatable bonds is 13. The van der Waals surface area contributed by atoms with E-state index in [1.54, 1.807) is 13.8 Å². The topological polar surface area (TPSA) is 348 Å². The number of benzene rings is 2. The summed E-state index contributed by atoms with van der Waals surface area (Å²) in [5.41, 5.74) is 1.33. The van der Waals surface area contributed by atoms with Crippen LogP contribution in [0.25, 0.3) is 22.1 Å². The minimum Gasteiger partial charge on any atom is -0.471 e. The summed E-state index contributed by atoms with van der Waals surface area (Å²) in [7, 11) is -7.95. The second-order valence-electron chi connectivity index (χ2n) is 34.0. The summed E-state index contributed by atoms with van der Waals surface area (Å²) < 4.78 is 80.4. The summed E-state index contributed by atoms with van der Waals surface area (Å²) >= 11 is 0. The van der Waals surface area contributed by atoms with Crippen LogP contribution in [0.2, 0.25) is 0 Å². The SMILES string of the molecule is CC1(S(=O)(=O)NC(=O)[C@@]23C[C@H]2/C=C\CCCCC[C@@H]2CC(=O)O[C@@H]4C[C@H]4CCCCCc4nc5ccccc5nc4O[C@@H]4C[C@@H](C(=O)N3)N(C4)C2=O)CC1.CCCC/C=C\[C@@H]1C[C@]1(NC(=O)[C@@H]1C[C@@H]2CN1C(=O)[C@H](CC)CC(=O)O[C@@H]1CCC[C@H]1CCCCCc1nc3ccccc3nc1O2)C(=O)NS(=O)(=O)C1(C)CC1. The Balaban J connectivity index is 0.000000185. The molecule has 6 amide bonds. The average molecular weight is 1570 g/mol. The number of allylic oxidation sites excluding steroid dienone is 2. The molecule has 11 aliphatic rings. The number of aromatic nitrogens is 4. The van der Waals surface area contributed by atoms with Gasteiger partial charge in [-0.05, 0) is 185 Å². The maximum Gasteiger partial charge on any atom is 0.306 e. The van der Waals surface area contributed by atoms with Crippen LogP contribution in [0.3, 0.4) is 0 Å². The number of carbonyl (C=O) groups is 8. The van der Waals surface area contributed by atoms with Crippen molar-refractivity contribution in [2.75, 3.05) is 13.1 Å². The van der Waals surface area contributed by atoms with Crippen molar-refractivity contribution < 1.29 is 74.1 Å². The summed E-state index contributed by atoms with van der Waals surface area (Å²) in [6.45, 7) is 7.26. The molecule has 0 unspecified atom stereocenters. The Kier molecular flexibility index (Phi) is 23.7. The third kappa shape index (κ3) is 18.0. The van der Waals surface area contributed by atoms with E-state index >= 15 is 0 Å². The second-order valence-corrected chi connectivity index (χ2v) is 38.4. The zero-order valence-electron chi connectivity index (χ0n) is 64.6. The lowest BCUT2D eigenvalue weighted by molar-refractivity contribution is -0.155. The minimum absolute atomic E-state index is 0.0490. The van der Waals surface area contributed by atoms with Crippen molar-refractivity contribution in [3.63, 3.8) is 0 Å². The van der Waals surface area contributed by atoms with E-state index in [0.717, 1.165) is 144 Å². The maximum atomic E-state index is 14.6. The standard InChI is InChI=1S/C43H59N5O8S.C40H51N5O8S/c1-4-6-7-10-17-30-26-43(30,41(52)47-57(53,54)42(3)22-23-42)46-38(50)35-25-31-27-48(35)40(51)28(5-2)24-37(49)56-36-21-14-16-29(36)15-9-8-11-20-34-39(55-31)45-33-19-13-12-18-32(33)44-34;1-39(18-19-39)54(50,51)44-38(49)40-23-27(40)14-8-4-2-3-6-13-26-21-34(46)53-33-20-25(33)12-7-5-9-17-31-36(42-30-16-11-10-15-29(30)41-31)52-28-22-32(35(47)43-40)45(24-28)37(26)48/h10,12-13,17-19,28-31,35-36H,4-9,11,14-16,20-27H2,1-3H3,(H,46,50)(H,47,52);8,10-11,14-16,25-28,32-33H,2-7,9,12-13,17-24H2,1H3,(H,43,47)(H,44,49)/b17-10-;14-8-/t28-,29-,30-,31-,35+,36-,43-;25-,26-,27-,28-,32+,33-,40-/m11/s1. The van der Waals surface area contributed by atoms with Gasteiger partial charge in [-0.25, -0.2) is 36.8 Å². The number of esters is 2. The molecule has 5 aliphatic heterocycles. The van der Waals surface area contributed by atoms with E-state index in [4.69, 9.17) is 38.9 Å². The Bertz CT molecular complexity index is 4510. The number of unbranched alkanes of at least 4 members (excludes halogenated alkanes) is 2. The molecule has 2 aromatic carbocycles. The monoisotopic (exact) mass is 1570 g/mol. The number of sulfonamides is 2. The van der Waals surface area contributed by atoms with Crippen LogP contribution < -0.4 is 29.6 Å². The first-order chi connectivity index (χ1) is 53.3. The number of para-hydroxylation sites is 4. The smallest absolute Gasteiger partial charge is 0.306 e. The molecule has 600 valence electrons. The third-order valence-corrected chi connectivity index (χ3v) is 29.9. The highest BCUT2D eigenvalue weighted by molar-refractivity contribution is 7.92. The predicted molar refractivity (Wildman–Crippen MR) is 412 cm³/mol. The van der Waals surface area contributed by atoms with Gasteiger partial charge < -0.3 is 39.4 Å². The Morgan fingerprint density at radius 2 is 1.17 bits per heavy atom. The lowest BCUT2D eigenvalue weighted by atomic mass is 9.95. The summed E-state index contributed by atoms with van der Waals surface area (Å²) in [6.07, 6.45) is 27.7. The quantitative estimate of drug-likeness (QED) is 0.0549. The van der Waals surface area contributed by atoms with Crippen molar-refractivity contribution in [3.05, 3.63) is 84.2 Å². The average Bonchev–Trinajstić information content (AvgIpc) is 1.57. The van der Waals surface area contributed by atoms with Gasteiger partial charge in [-0.3, -0.25) is 47.8 Å². The molecular formula is C83H110N10O16S2. The first kappa shape index (κ1) is 79.5. The molecule has 5 bridgehead atoms. The van der Waals surface area contributed by atoms with Crippen LogP contribution in [0.5, 0.6) is 11.8 Å². The number of nitrogens with zero attached hydrogens (tertiary/aromatic N) is 6. The summed E-state index contributed by atoms with van der Waals surface area (Å²) in [6, 6.07) is 13.1. The summed E-state index contributed by atoms with van der Waals surface area (Å²) in [4.78, 5) is 135. The highest BCUT2D eigenvalue weighted by Crippen LogP contribution is 2.50. The number of amides is 6. The van der Waals surface area contributed by atoms with Crippen LogP contribution >= 0.6 is 0 Å². The van der Waals surface area contributed by atoms with E-state index in [2.05, 4.69) is 27.0 Å². The highest BCUT2D eigenvalue weighted by atomic mass is 32.2. The number of fused-ring (bicyclic) bond motifs is 11. The number of aryl methyl sites for hydroxylation is 2. The molecule has 2 aromatic heterocycles. The van der Waals surface area contributed by atoms with Crippen molar-refractivity contribution in [3.8, 4) is 11.8 Å². The van der Waals surface area contributed by atoms with Gasteiger partial charge in [-0.1, -0.05) is 114 Å². The fourth-order valence-electron chi connectivity index (χ4n) is 17.4. The predicted octanol–water partition coefficient (Wildman–Crippen LogP) is 10.3. The van der Waals surface area contributed by atoms with Crippen LogP contribution in [-0.4, -0.2) is 164 Å². The molecule has 28 heteroatoms. The molecule has 0 radical (unpaired) electrons. The molecule has 26 nitrogen and oxygen atoms in total. The van der Waals surface area contributed by atoms with Gasteiger partial charge in [0.1, 0.15) is 59.0 Å². The van der Waals surface area contributed by atoms with Crippen LogP contribution in [0.1, 0.15) is 238 Å². The molecule has 111 heavy (non-hydrogen) atoms. The number of nitrogens with one attached hydrogen (secondary N) is 4. The van der Waals surface area contributed by atoms with E-state index in [9.17, 15) is 55.2 Å². The highest BCUT2D eigenvalue weighted by Gasteiger charge is 2.65. The van der Waals surface area contributed by atoms with Crippen LogP contribution in [0.15, 0.2) is 72.8 Å². The lowest BCUT2D eigenvalue weighted by Gasteiger charge is -2.29. The first-order valence-electron chi connectivity index (χ1n) is 41.3. The van der Waals surface area contributed by atoms with E-state index in [-0.39, 0.29) is 81.6 Å². The van der Waals surface area contributed by atoms with E-state index in [1.807, 2.05) is 79.8 Å². The van der Waals surface area contributed by atoms with Crippen LogP contribution in [-0.2, 0) is 80.7 Å². The zero-order valence-corrected chi connectivity index (χ0v) is 66.3. The number of hydrogen-bond acceptors (Lipinski definition) is 20. The molecular weight excluding hydrogens is 1460 g/mol. The summed E-state index contributed by atoms with van der Waals surface area (Å²) in [5, 5.41) is 5.89. The molecule has 2 saturated heterocycles. The van der Waals surface area contributed by atoms with E-state index in [1.165, 1.54) is 9.80 Å². The molecule has 4 N–H and O–H groups in total. The van der Waals surface area contributed by atoms with E-state index in [0.29, 0.717) is 80.1 Å². The Labute approximate surface area is 651 Å². The molecule has 0 spiro atoms. The molecule has 14 atom stereocenters. The molecule has 4 aromatic rings. The largest absolute Gasteiger partial charge is 0.471 e. The van der Waals surface area contributed by atoms with Gasteiger partial charge in [0.05, 0.1) is 57.5 Å². The minimum atomic E-state index is -3.98. The van der Waals surface area contributed by atoms with E-state index < -0.39 is 124 Å². The van der Waals surface area contributed by atoms with Crippen molar-refractivity contribution in [1.82, 2.24) is 49.8 Å². The maximum absolute atomic E-state index is 14.6.